The van der Waals surface area contributed by atoms with E-state index >= 15 is 0 Å². The van der Waals surface area contributed by atoms with Crippen molar-refractivity contribution in [3.63, 3.8) is 0 Å². The number of carbonyl (C=O) groups is 2. The van der Waals surface area contributed by atoms with E-state index in [0.717, 1.165) is 13.8 Å². The van der Waals surface area contributed by atoms with Crippen LogP contribution in [-0.2, 0) is 9.59 Å². The number of hydrogen-bond donors (Lipinski definition) is 0. The summed E-state index contributed by atoms with van der Waals surface area (Å²) in [6.45, 7) is 20.7. The second-order valence-electron chi connectivity index (χ2n) is 19.4. The number of carbonyl (C=O) groups excluding carboxylic acids is 2. The zero-order valence-corrected chi connectivity index (χ0v) is 46.4. The third kappa shape index (κ3) is 57.8. The quantitative estimate of drug-likeness (QED) is 0.0450. The highest BCUT2D eigenvalue weighted by molar-refractivity contribution is 7.76. The normalized spacial score (nSPS) is 11.3. The van der Waals surface area contributed by atoms with E-state index in [1.54, 1.807) is 75.0 Å². The minimum Gasteiger partial charge on any atom is -0.550 e. The first kappa shape index (κ1) is 68.4. The van der Waals surface area contributed by atoms with E-state index in [9.17, 15) is 0 Å². The molecule has 62 heavy (non-hydrogen) atoms. The number of rotatable bonds is 44. The van der Waals surface area contributed by atoms with Crippen molar-refractivity contribution >= 4 is 26.5 Å². The molecule has 0 bridgehead atoms. The van der Waals surface area contributed by atoms with Crippen LogP contribution >= 0.6 is 14.5 Å². The van der Waals surface area contributed by atoms with Gasteiger partial charge in [0.2, 0.25) is 0 Å². The fourth-order valence-corrected chi connectivity index (χ4v) is 18.9. The second-order valence-corrected chi connectivity index (χ2v) is 28.3. The largest absolute Gasteiger partial charge is 0.550 e. The Bertz CT molecular complexity index is 715. The summed E-state index contributed by atoms with van der Waals surface area (Å²) in [5.74, 6) is -2.17. The summed E-state index contributed by atoms with van der Waals surface area (Å²) in [4.78, 5) is 17.8. The van der Waals surface area contributed by atoms with Crippen LogP contribution in [0.1, 0.15) is 300 Å². The lowest BCUT2D eigenvalue weighted by Crippen LogP contribution is -2.16. The molecule has 0 fully saturated rings. The lowest BCUT2D eigenvalue weighted by atomic mass is 10.2. The van der Waals surface area contributed by atoms with Gasteiger partial charge in [0.05, 0.1) is 49.3 Å². The highest BCUT2D eigenvalue weighted by Crippen LogP contribution is 2.62. The molecule has 0 aliphatic rings. The van der Waals surface area contributed by atoms with Crippen LogP contribution in [-0.4, -0.2) is 61.2 Å². The third-order valence-electron chi connectivity index (χ3n) is 12.9. The molecule has 0 N–H and O–H groups in total. The molecule has 0 heterocycles. The average Bonchev–Trinajstić information content (AvgIpc) is 3.24. The first-order chi connectivity index (χ1) is 29.9. The standard InChI is InChI=1S/C28H60P.C24H52P.2C2H4O2/c1-5-9-13-17-21-25-29(26-22-18-14-10-6-2,27-23-19-15-11-7-3)28-24-20-16-12-8-4;1-5-9-13-17-21-25(22-18-14-10-6-2,23-19-15-11-7-3)24-20-16-12-8-4;2*1-2(3)4/h5-28H2,1-4H3;5-24H2,1-4H3;2*1H3,(H,3,4)/q2*+1;;/p-2. The molecule has 0 aliphatic heterocycles. The summed E-state index contributed by atoms with van der Waals surface area (Å²) < 4.78 is 0. The summed E-state index contributed by atoms with van der Waals surface area (Å²) >= 11 is 0. The van der Waals surface area contributed by atoms with Crippen LogP contribution in [0.15, 0.2) is 0 Å². The van der Waals surface area contributed by atoms with Crippen molar-refractivity contribution < 1.29 is 19.8 Å². The van der Waals surface area contributed by atoms with Crippen LogP contribution in [0.25, 0.3) is 0 Å². The molecule has 0 aromatic heterocycles. The summed E-state index contributed by atoms with van der Waals surface area (Å²) in [6.07, 6.45) is 66.2. The minimum absolute atomic E-state index is 0.657. The monoisotopic (exact) mass is 917 g/mol. The maximum atomic E-state index is 8.89. The van der Waals surface area contributed by atoms with Gasteiger partial charge in [-0.3, -0.25) is 0 Å². The molecule has 0 saturated carbocycles. The Morgan fingerprint density at radius 2 is 0.339 bits per heavy atom. The van der Waals surface area contributed by atoms with E-state index in [4.69, 9.17) is 19.8 Å². The van der Waals surface area contributed by atoms with Crippen molar-refractivity contribution in [3.05, 3.63) is 0 Å². The maximum Gasteiger partial charge on any atom is 0.0594 e. The molecule has 376 valence electrons. The van der Waals surface area contributed by atoms with E-state index < -0.39 is 26.5 Å². The number of carboxylic acids is 2. The van der Waals surface area contributed by atoms with Gasteiger partial charge in [-0.1, -0.05) is 184 Å². The van der Waals surface area contributed by atoms with Crippen molar-refractivity contribution in [2.75, 3.05) is 49.3 Å². The predicted octanol–water partition coefficient (Wildman–Crippen LogP) is 17.7. The molecule has 4 nitrogen and oxygen atoms in total. The highest BCUT2D eigenvalue weighted by atomic mass is 31.2. The summed E-state index contributed by atoms with van der Waals surface area (Å²) in [7, 11) is -1.35. The van der Waals surface area contributed by atoms with Gasteiger partial charge in [0.25, 0.3) is 0 Å². The molecule has 0 unspecified atom stereocenters. The zero-order valence-electron chi connectivity index (χ0n) is 44.6. The van der Waals surface area contributed by atoms with E-state index in [0.29, 0.717) is 0 Å². The van der Waals surface area contributed by atoms with Crippen LogP contribution in [0.5, 0.6) is 0 Å². The van der Waals surface area contributed by atoms with E-state index in [-0.39, 0.29) is 0 Å². The topological polar surface area (TPSA) is 80.3 Å². The Labute approximate surface area is 394 Å². The molecule has 0 spiro atoms. The number of carboxylic acid groups (broad SMARTS) is 2. The fourth-order valence-electron chi connectivity index (χ4n) is 9.04. The van der Waals surface area contributed by atoms with Crippen molar-refractivity contribution in [3.8, 4) is 0 Å². The van der Waals surface area contributed by atoms with Crippen LogP contribution in [0.3, 0.4) is 0 Å². The Morgan fingerprint density at radius 1 is 0.242 bits per heavy atom. The lowest BCUT2D eigenvalue weighted by molar-refractivity contribution is -0.303. The SMILES string of the molecule is CC(=O)[O-].CC(=O)[O-].CCCCCCC[P+](CCCCCCC)(CCCCCCC)CCCCCCC.CCCCCC[P+](CCCCCC)(CCCCCC)CCCCCC. The van der Waals surface area contributed by atoms with Gasteiger partial charge in [0, 0.05) is 26.5 Å². The van der Waals surface area contributed by atoms with Gasteiger partial charge in [0.1, 0.15) is 0 Å². The van der Waals surface area contributed by atoms with Crippen LogP contribution < -0.4 is 10.2 Å². The van der Waals surface area contributed by atoms with E-state index in [2.05, 4.69) is 55.4 Å². The summed E-state index contributed by atoms with van der Waals surface area (Å²) in [6, 6.07) is 0. The average molecular weight is 918 g/mol. The van der Waals surface area contributed by atoms with Crippen molar-refractivity contribution in [2.24, 2.45) is 0 Å². The van der Waals surface area contributed by atoms with Gasteiger partial charge >= 0.3 is 0 Å². The van der Waals surface area contributed by atoms with Crippen molar-refractivity contribution in [1.82, 2.24) is 0 Å². The molecule has 0 aromatic carbocycles. The number of hydrogen-bond acceptors (Lipinski definition) is 4. The minimum atomic E-state index is -1.08. The maximum absolute atomic E-state index is 8.89. The van der Waals surface area contributed by atoms with Crippen LogP contribution in [0.4, 0.5) is 0 Å². The highest BCUT2D eigenvalue weighted by Gasteiger charge is 2.36. The summed E-state index contributed by atoms with van der Waals surface area (Å²) in [5.41, 5.74) is 0. The molecule has 0 aromatic rings. The predicted molar refractivity (Wildman–Crippen MR) is 286 cm³/mol. The molecular formula is C56H118O4P2. The smallest absolute Gasteiger partial charge is 0.0594 e. The van der Waals surface area contributed by atoms with Crippen molar-refractivity contribution in [2.45, 2.75) is 300 Å². The van der Waals surface area contributed by atoms with Crippen LogP contribution in [0.2, 0.25) is 0 Å². The first-order valence-electron chi connectivity index (χ1n) is 28.0. The Kier molecular flexibility index (Phi) is 62.8. The van der Waals surface area contributed by atoms with Crippen molar-refractivity contribution in [1.29, 1.82) is 0 Å². The van der Waals surface area contributed by atoms with Gasteiger partial charge in [0.15, 0.2) is 0 Å². The van der Waals surface area contributed by atoms with Gasteiger partial charge < -0.3 is 19.8 Å². The van der Waals surface area contributed by atoms with E-state index in [1.807, 2.05) is 0 Å². The number of aliphatic carboxylic acids is 2. The fraction of sp³-hybridized carbons (Fsp3) is 0.964. The first-order valence-corrected chi connectivity index (χ1v) is 33.1. The van der Waals surface area contributed by atoms with Crippen LogP contribution in [0, 0.1) is 0 Å². The van der Waals surface area contributed by atoms with Gasteiger partial charge in [-0.05, 0) is 117 Å². The Hall–Kier alpha value is -0.200. The Morgan fingerprint density at radius 3 is 0.452 bits per heavy atom. The Balaban J connectivity index is -0.000000464. The molecule has 0 aliphatic carbocycles. The van der Waals surface area contributed by atoms with Gasteiger partial charge in [-0.2, -0.15) is 0 Å². The molecule has 0 radical (unpaired) electrons. The van der Waals surface area contributed by atoms with Gasteiger partial charge in [-0.15, -0.1) is 0 Å². The molecule has 6 heteroatoms. The van der Waals surface area contributed by atoms with E-state index in [1.165, 1.54) is 205 Å². The second kappa shape index (κ2) is 56.9. The molecule has 0 amide bonds. The molecule has 0 saturated heterocycles. The molecular weight excluding hydrogens is 799 g/mol. The lowest BCUT2D eigenvalue weighted by Gasteiger charge is -2.28. The molecule has 0 rings (SSSR count). The van der Waals surface area contributed by atoms with Gasteiger partial charge in [-0.25, -0.2) is 0 Å². The molecule has 0 atom stereocenters. The summed E-state index contributed by atoms with van der Waals surface area (Å²) in [5, 5.41) is 17.8. The third-order valence-corrected chi connectivity index (χ3v) is 23.0. The number of unbranched alkanes of at least 4 members (excludes halogenated alkanes) is 28. The zero-order chi connectivity index (χ0) is 47.3.